The third kappa shape index (κ3) is 3.72. The number of benzene rings is 1. The third-order valence-corrected chi connectivity index (χ3v) is 1.96. The Bertz CT molecular complexity index is 432. The predicted octanol–water partition coefficient (Wildman–Crippen LogP) is 2.20. The molecule has 78 valence electrons. The summed E-state index contributed by atoms with van der Waals surface area (Å²) < 4.78 is 13.3. The van der Waals surface area contributed by atoms with E-state index < -0.39 is 11.8 Å². The summed E-state index contributed by atoms with van der Waals surface area (Å²) in [5.74, 6) is 3.84. The van der Waals surface area contributed by atoms with Gasteiger partial charge in [-0.2, -0.15) is 0 Å². The molecule has 0 spiro atoms. The summed E-state index contributed by atoms with van der Waals surface area (Å²) in [5, 5.41) is 8.99. The second-order valence-corrected chi connectivity index (χ2v) is 3.38. The van der Waals surface area contributed by atoms with Crippen LogP contribution >= 0.6 is 15.9 Å². The topological polar surface area (TPSA) is 37.3 Å². The van der Waals surface area contributed by atoms with Gasteiger partial charge in [0.05, 0.1) is 17.3 Å². The molecule has 0 fully saturated rings. The van der Waals surface area contributed by atoms with E-state index in [-0.39, 0.29) is 12.0 Å². The molecule has 1 aromatic carbocycles. The molecule has 2 nitrogen and oxygen atoms in total. The van der Waals surface area contributed by atoms with E-state index in [1.807, 2.05) is 0 Å². The Morgan fingerprint density at radius 3 is 2.80 bits per heavy atom. The van der Waals surface area contributed by atoms with Gasteiger partial charge in [0.1, 0.15) is 5.82 Å². The van der Waals surface area contributed by atoms with Gasteiger partial charge in [-0.25, -0.2) is 4.39 Å². The minimum atomic E-state index is -0.978. The highest BCUT2D eigenvalue weighted by atomic mass is 79.9. The van der Waals surface area contributed by atoms with Crippen LogP contribution in [0.1, 0.15) is 11.1 Å². The molecule has 0 saturated carbocycles. The SMILES string of the molecule is O=C(O)Cc1ccc(C#CCBr)c(F)c1. The van der Waals surface area contributed by atoms with Gasteiger partial charge in [-0.1, -0.05) is 33.8 Å². The fraction of sp³-hybridized carbons (Fsp3) is 0.182. The molecule has 0 heterocycles. The molecular weight excluding hydrogens is 263 g/mol. The number of rotatable bonds is 2. The molecule has 15 heavy (non-hydrogen) atoms. The van der Waals surface area contributed by atoms with E-state index >= 15 is 0 Å². The molecule has 0 aliphatic carbocycles. The zero-order valence-corrected chi connectivity index (χ0v) is 9.34. The van der Waals surface area contributed by atoms with E-state index in [0.717, 1.165) is 0 Å². The van der Waals surface area contributed by atoms with E-state index in [0.29, 0.717) is 10.9 Å². The summed E-state index contributed by atoms with van der Waals surface area (Å²) in [4.78, 5) is 10.4. The molecule has 0 aliphatic heterocycles. The number of aliphatic carboxylic acids is 1. The predicted molar refractivity (Wildman–Crippen MR) is 58.4 cm³/mol. The van der Waals surface area contributed by atoms with Crippen LogP contribution in [0.3, 0.4) is 0 Å². The summed E-state index contributed by atoms with van der Waals surface area (Å²) in [6, 6.07) is 4.26. The van der Waals surface area contributed by atoms with Gasteiger partial charge >= 0.3 is 5.97 Å². The molecule has 0 aliphatic rings. The van der Waals surface area contributed by atoms with Crippen LogP contribution in [0.4, 0.5) is 4.39 Å². The van der Waals surface area contributed by atoms with Crippen LogP contribution in [0.25, 0.3) is 0 Å². The molecule has 0 aromatic heterocycles. The first-order valence-electron chi connectivity index (χ1n) is 4.18. The number of carboxylic acids is 1. The van der Waals surface area contributed by atoms with E-state index in [2.05, 4.69) is 27.8 Å². The van der Waals surface area contributed by atoms with Crippen molar-refractivity contribution in [3.05, 3.63) is 35.1 Å². The maximum Gasteiger partial charge on any atom is 0.307 e. The Morgan fingerprint density at radius 2 is 2.27 bits per heavy atom. The van der Waals surface area contributed by atoms with Crippen molar-refractivity contribution in [2.24, 2.45) is 0 Å². The largest absolute Gasteiger partial charge is 0.481 e. The van der Waals surface area contributed by atoms with Gasteiger partial charge in [0, 0.05) is 0 Å². The standard InChI is InChI=1S/C11H8BrFO2/c12-5-1-2-9-4-3-8(6-10(9)13)7-11(14)15/h3-4,6H,5,7H2,(H,14,15). The summed E-state index contributed by atoms with van der Waals surface area (Å²) in [7, 11) is 0. The Hall–Kier alpha value is -1.34. The van der Waals surface area contributed by atoms with Crippen molar-refractivity contribution in [2.45, 2.75) is 6.42 Å². The van der Waals surface area contributed by atoms with Crippen molar-refractivity contribution in [1.29, 1.82) is 0 Å². The average Bonchev–Trinajstić information content (AvgIpc) is 2.15. The summed E-state index contributed by atoms with van der Waals surface area (Å²) in [6.45, 7) is 0. The lowest BCUT2D eigenvalue weighted by Gasteiger charge is -1.99. The van der Waals surface area contributed by atoms with Gasteiger partial charge in [0.15, 0.2) is 0 Å². The number of carbonyl (C=O) groups is 1. The zero-order chi connectivity index (χ0) is 11.3. The van der Waals surface area contributed by atoms with Crippen LogP contribution in [-0.4, -0.2) is 16.4 Å². The van der Waals surface area contributed by atoms with Crippen LogP contribution in [0.15, 0.2) is 18.2 Å². The fourth-order valence-electron chi connectivity index (χ4n) is 1.07. The lowest BCUT2D eigenvalue weighted by molar-refractivity contribution is -0.136. The van der Waals surface area contributed by atoms with Crippen LogP contribution in [-0.2, 0) is 11.2 Å². The molecular formula is C11H8BrFO2. The minimum Gasteiger partial charge on any atom is -0.481 e. The molecule has 0 atom stereocenters. The van der Waals surface area contributed by atoms with Crippen molar-refractivity contribution < 1.29 is 14.3 Å². The zero-order valence-electron chi connectivity index (χ0n) is 7.76. The third-order valence-electron chi connectivity index (χ3n) is 1.68. The highest BCUT2D eigenvalue weighted by Gasteiger charge is 2.04. The van der Waals surface area contributed by atoms with Crippen LogP contribution in [0.5, 0.6) is 0 Å². The summed E-state index contributed by atoms with van der Waals surface area (Å²) in [5.41, 5.74) is 0.716. The number of hydrogen-bond donors (Lipinski definition) is 1. The van der Waals surface area contributed by atoms with Crippen molar-refractivity contribution >= 4 is 21.9 Å². The van der Waals surface area contributed by atoms with E-state index in [1.165, 1.54) is 12.1 Å². The molecule has 4 heteroatoms. The number of halogens is 2. The van der Waals surface area contributed by atoms with Crippen LogP contribution in [0, 0.1) is 17.7 Å². The lowest BCUT2D eigenvalue weighted by atomic mass is 10.1. The molecule has 0 radical (unpaired) electrons. The van der Waals surface area contributed by atoms with Crippen molar-refractivity contribution in [3.8, 4) is 11.8 Å². The molecule has 1 N–H and O–H groups in total. The van der Waals surface area contributed by atoms with Gasteiger partial charge in [0.25, 0.3) is 0 Å². The Balaban J connectivity index is 2.92. The molecule has 0 amide bonds. The first kappa shape index (κ1) is 11.7. The molecule has 1 aromatic rings. The molecule has 1 rings (SSSR count). The van der Waals surface area contributed by atoms with Gasteiger partial charge in [-0.3, -0.25) is 4.79 Å². The second kappa shape index (κ2) is 5.52. The van der Waals surface area contributed by atoms with Crippen molar-refractivity contribution in [3.63, 3.8) is 0 Å². The highest BCUT2D eigenvalue weighted by Crippen LogP contribution is 2.10. The van der Waals surface area contributed by atoms with Crippen LogP contribution in [0.2, 0.25) is 0 Å². The first-order chi connectivity index (χ1) is 7.13. The highest BCUT2D eigenvalue weighted by molar-refractivity contribution is 9.09. The van der Waals surface area contributed by atoms with E-state index in [4.69, 9.17) is 5.11 Å². The first-order valence-corrected chi connectivity index (χ1v) is 5.30. The van der Waals surface area contributed by atoms with Crippen LogP contribution < -0.4 is 0 Å². The summed E-state index contributed by atoms with van der Waals surface area (Å²) in [6.07, 6.45) is -0.178. The monoisotopic (exact) mass is 270 g/mol. The van der Waals surface area contributed by atoms with Crippen molar-refractivity contribution in [1.82, 2.24) is 0 Å². The fourth-order valence-corrected chi connectivity index (χ4v) is 1.21. The normalized spacial score (nSPS) is 9.20. The van der Waals surface area contributed by atoms with E-state index in [1.54, 1.807) is 6.07 Å². The minimum absolute atomic E-state index is 0.178. The Morgan fingerprint density at radius 1 is 1.53 bits per heavy atom. The second-order valence-electron chi connectivity index (χ2n) is 2.82. The van der Waals surface area contributed by atoms with Gasteiger partial charge < -0.3 is 5.11 Å². The van der Waals surface area contributed by atoms with Gasteiger partial charge in [-0.15, -0.1) is 0 Å². The van der Waals surface area contributed by atoms with Gasteiger partial charge in [0.2, 0.25) is 0 Å². The number of alkyl halides is 1. The lowest BCUT2D eigenvalue weighted by Crippen LogP contribution is -2.00. The Kier molecular flexibility index (Phi) is 4.32. The number of carboxylic acid groups (broad SMARTS) is 1. The molecule has 0 saturated heterocycles. The smallest absolute Gasteiger partial charge is 0.307 e. The number of hydrogen-bond acceptors (Lipinski definition) is 1. The van der Waals surface area contributed by atoms with Gasteiger partial charge in [-0.05, 0) is 17.7 Å². The van der Waals surface area contributed by atoms with E-state index in [9.17, 15) is 9.18 Å². The molecule has 0 bridgehead atoms. The maximum atomic E-state index is 13.3. The maximum absolute atomic E-state index is 13.3. The Labute approximate surface area is 95.2 Å². The van der Waals surface area contributed by atoms with Crippen molar-refractivity contribution in [2.75, 3.05) is 5.33 Å². The average molecular weight is 271 g/mol. The molecule has 0 unspecified atom stereocenters. The summed E-state index contributed by atoms with van der Waals surface area (Å²) >= 11 is 3.10. The quantitative estimate of drug-likeness (QED) is 0.661.